The van der Waals surface area contributed by atoms with Gasteiger partial charge in [-0.1, -0.05) is 0 Å². The van der Waals surface area contributed by atoms with Crippen molar-refractivity contribution in [3.63, 3.8) is 0 Å². The van der Waals surface area contributed by atoms with Crippen LogP contribution in [0.3, 0.4) is 0 Å². The van der Waals surface area contributed by atoms with Crippen molar-refractivity contribution in [2.45, 2.75) is 0 Å². The minimum atomic E-state index is -0.618. The number of rotatable bonds is 4. The van der Waals surface area contributed by atoms with Crippen LogP contribution in [0, 0.1) is 0 Å². The highest BCUT2D eigenvalue weighted by Gasteiger charge is 2.19. The molecule has 7 nitrogen and oxygen atoms in total. The molecule has 130 valence electrons. The molecule has 7 heteroatoms. The van der Waals surface area contributed by atoms with Gasteiger partial charge in [0.15, 0.2) is 28.8 Å². The monoisotopic (exact) mass is 344 g/mol. The van der Waals surface area contributed by atoms with Crippen molar-refractivity contribution in [2.75, 3.05) is 21.3 Å². The van der Waals surface area contributed by atoms with E-state index in [-0.39, 0.29) is 28.2 Å². The molecular weight excluding hydrogens is 328 g/mol. The molecule has 0 saturated carbocycles. The normalized spacial score (nSPS) is 10.7. The molecule has 0 saturated heterocycles. The molecule has 2 aromatic carbocycles. The van der Waals surface area contributed by atoms with Crippen LogP contribution in [0.1, 0.15) is 0 Å². The largest absolute Gasteiger partial charge is 0.504 e. The first-order valence-electron chi connectivity index (χ1n) is 7.29. The summed E-state index contributed by atoms with van der Waals surface area (Å²) in [5.74, 6) is 0.211. The number of hydrogen-bond acceptors (Lipinski definition) is 7. The third-order valence-corrected chi connectivity index (χ3v) is 3.81. The molecule has 0 fully saturated rings. The fraction of sp³-hybridized carbons (Fsp3) is 0.167. The van der Waals surface area contributed by atoms with Crippen molar-refractivity contribution in [2.24, 2.45) is 0 Å². The van der Waals surface area contributed by atoms with Gasteiger partial charge < -0.3 is 28.8 Å². The van der Waals surface area contributed by atoms with Crippen LogP contribution in [0.5, 0.6) is 28.7 Å². The smallest absolute Gasteiger partial charge is 0.235 e. The highest BCUT2D eigenvalue weighted by molar-refractivity contribution is 5.85. The van der Waals surface area contributed by atoms with Crippen molar-refractivity contribution < 1.29 is 28.8 Å². The number of ether oxygens (including phenoxy) is 3. The maximum Gasteiger partial charge on any atom is 0.235 e. The maximum atomic E-state index is 12.5. The number of aromatic hydroxyl groups is 2. The van der Waals surface area contributed by atoms with E-state index in [1.165, 1.54) is 45.6 Å². The average Bonchev–Trinajstić information content (AvgIpc) is 2.63. The number of hydrogen-bond donors (Lipinski definition) is 2. The molecule has 0 unspecified atom stereocenters. The summed E-state index contributed by atoms with van der Waals surface area (Å²) in [6, 6.07) is 7.34. The van der Waals surface area contributed by atoms with Crippen molar-refractivity contribution in [3.8, 4) is 40.1 Å². The Hall–Kier alpha value is -3.35. The summed E-state index contributed by atoms with van der Waals surface area (Å²) < 4.78 is 21.0. The molecular formula is C18H16O7. The molecule has 0 spiro atoms. The lowest BCUT2D eigenvalue weighted by Crippen LogP contribution is -2.03. The number of phenols is 1. The highest BCUT2D eigenvalue weighted by atomic mass is 16.5. The lowest BCUT2D eigenvalue weighted by molar-refractivity contribution is 0.355. The topological polar surface area (TPSA) is 98.4 Å². The molecule has 3 rings (SSSR count). The molecule has 0 aliphatic heterocycles. The molecule has 25 heavy (non-hydrogen) atoms. The Kier molecular flexibility index (Phi) is 4.14. The van der Waals surface area contributed by atoms with E-state index in [1.807, 2.05) is 0 Å². The summed E-state index contributed by atoms with van der Waals surface area (Å²) in [6.45, 7) is 0. The number of phenolic OH excluding ortho intramolecular Hbond substituents is 1. The van der Waals surface area contributed by atoms with Crippen LogP contribution >= 0.6 is 0 Å². The first-order chi connectivity index (χ1) is 12.0. The summed E-state index contributed by atoms with van der Waals surface area (Å²) in [7, 11) is 4.33. The van der Waals surface area contributed by atoms with Gasteiger partial charge >= 0.3 is 0 Å². The van der Waals surface area contributed by atoms with E-state index in [4.69, 9.17) is 18.6 Å². The minimum absolute atomic E-state index is 0.0670. The Labute approximate surface area is 142 Å². The van der Waals surface area contributed by atoms with E-state index in [0.717, 1.165) is 0 Å². The fourth-order valence-corrected chi connectivity index (χ4v) is 2.54. The Balaban J connectivity index is 2.28. The molecule has 0 amide bonds. The summed E-state index contributed by atoms with van der Waals surface area (Å²) >= 11 is 0. The Morgan fingerprint density at radius 1 is 0.880 bits per heavy atom. The van der Waals surface area contributed by atoms with Crippen LogP contribution in [0.15, 0.2) is 39.5 Å². The van der Waals surface area contributed by atoms with Crippen LogP contribution in [0.2, 0.25) is 0 Å². The third-order valence-electron chi connectivity index (χ3n) is 3.81. The molecule has 1 aromatic heterocycles. The van der Waals surface area contributed by atoms with Crippen LogP contribution in [0.25, 0.3) is 22.3 Å². The first-order valence-corrected chi connectivity index (χ1v) is 7.29. The molecule has 0 aliphatic carbocycles. The van der Waals surface area contributed by atoms with Gasteiger partial charge in [0.05, 0.1) is 26.7 Å². The van der Waals surface area contributed by atoms with Gasteiger partial charge in [-0.25, -0.2) is 0 Å². The lowest BCUT2D eigenvalue weighted by Gasteiger charge is -2.11. The van der Waals surface area contributed by atoms with E-state index < -0.39 is 11.2 Å². The third kappa shape index (κ3) is 2.69. The fourth-order valence-electron chi connectivity index (χ4n) is 2.54. The SMILES string of the molecule is COc1ccc(-c2oc3cc(OC)c(OC)cc3c(=O)c2O)cc1O. The zero-order chi connectivity index (χ0) is 18.1. The molecule has 1 heterocycles. The van der Waals surface area contributed by atoms with Gasteiger partial charge in [0.25, 0.3) is 0 Å². The van der Waals surface area contributed by atoms with Gasteiger partial charge in [0, 0.05) is 11.6 Å². The second-order valence-electron chi connectivity index (χ2n) is 5.20. The van der Waals surface area contributed by atoms with Gasteiger partial charge in [-0.05, 0) is 24.3 Å². The quantitative estimate of drug-likeness (QED) is 0.751. The molecule has 0 bridgehead atoms. The van der Waals surface area contributed by atoms with Gasteiger partial charge in [0.2, 0.25) is 11.2 Å². The molecule has 0 aliphatic rings. The number of fused-ring (bicyclic) bond motifs is 1. The molecule has 3 aromatic rings. The zero-order valence-electron chi connectivity index (χ0n) is 13.8. The van der Waals surface area contributed by atoms with Gasteiger partial charge in [0.1, 0.15) is 5.58 Å². The Morgan fingerprint density at radius 3 is 2.12 bits per heavy atom. The molecule has 2 N–H and O–H groups in total. The van der Waals surface area contributed by atoms with Crippen molar-refractivity contribution >= 4 is 11.0 Å². The van der Waals surface area contributed by atoms with Crippen molar-refractivity contribution in [3.05, 3.63) is 40.6 Å². The summed E-state index contributed by atoms with van der Waals surface area (Å²) in [5.41, 5.74) is -0.0807. The minimum Gasteiger partial charge on any atom is -0.504 e. The van der Waals surface area contributed by atoms with E-state index in [0.29, 0.717) is 17.1 Å². The second-order valence-corrected chi connectivity index (χ2v) is 5.20. The zero-order valence-corrected chi connectivity index (χ0v) is 13.8. The van der Waals surface area contributed by atoms with Crippen molar-refractivity contribution in [1.29, 1.82) is 0 Å². The number of benzene rings is 2. The van der Waals surface area contributed by atoms with Gasteiger partial charge in [-0.15, -0.1) is 0 Å². The summed E-state index contributed by atoms with van der Waals surface area (Å²) in [6.07, 6.45) is 0. The van der Waals surface area contributed by atoms with Crippen molar-refractivity contribution in [1.82, 2.24) is 0 Å². The van der Waals surface area contributed by atoms with Crippen LogP contribution in [-0.4, -0.2) is 31.5 Å². The lowest BCUT2D eigenvalue weighted by atomic mass is 10.1. The van der Waals surface area contributed by atoms with Gasteiger partial charge in [-0.3, -0.25) is 4.79 Å². The van der Waals surface area contributed by atoms with E-state index in [1.54, 1.807) is 6.07 Å². The van der Waals surface area contributed by atoms with E-state index >= 15 is 0 Å². The highest BCUT2D eigenvalue weighted by Crippen LogP contribution is 2.38. The number of methoxy groups -OCH3 is 3. The summed E-state index contributed by atoms with van der Waals surface area (Å²) in [5, 5.41) is 20.3. The Bertz CT molecular complexity index is 1000. The predicted octanol–water partition coefficient (Wildman–Crippen LogP) is 2.90. The van der Waals surface area contributed by atoms with Gasteiger partial charge in [-0.2, -0.15) is 0 Å². The standard InChI is InChI=1S/C18H16O7/c1-22-12-5-4-9(6-11(12)19)18-17(21)16(20)10-7-14(23-2)15(24-3)8-13(10)25-18/h4-8,19,21H,1-3H3. The predicted molar refractivity (Wildman–Crippen MR) is 90.9 cm³/mol. The first kappa shape index (κ1) is 16.5. The van der Waals surface area contributed by atoms with Crippen LogP contribution in [-0.2, 0) is 0 Å². The van der Waals surface area contributed by atoms with E-state index in [2.05, 4.69) is 0 Å². The van der Waals surface area contributed by atoms with E-state index in [9.17, 15) is 15.0 Å². The summed E-state index contributed by atoms with van der Waals surface area (Å²) in [4.78, 5) is 12.5. The molecule has 0 atom stereocenters. The average molecular weight is 344 g/mol. The second kappa shape index (κ2) is 6.27. The van der Waals surface area contributed by atoms with Crippen LogP contribution < -0.4 is 19.6 Å². The molecule has 0 radical (unpaired) electrons. The maximum absolute atomic E-state index is 12.5. The van der Waals surface area contributed by atoms with Crippen LogP contribution in [0.4, 0.5) is 0 Å². The Morgan fingerprint density at radius 2 is 1.52 bits per heavy atom.